The number of carbonyl (C=O) groups is 1. The van der Waals surface area contributed by atoms with Crippen LogP contribution >= 0.6 is 11.3 Å². The highest BCUT2D eigenvalue weighted by Gasteiger charge is 2.68. The first-order chi connectivity index (χ1) is 27.4. The van der Waals surface area contributed by atoms with Gasteiger partial charge in [-0.15, -0.1) is 11.3 Å². The number of rotatable bonds is 10. The summed E-state index contributed by atoms with van der Waals surface area (Å²) in [6.45, 7) is -1.06. The van der Waals surface area contributed by atoms with Crippen molar-refractivity contribution in [2.45, 2.75) is 43.4 Å². The number of carbonyl (C=O) groups excluding carboxylic acids is 1. The number of benzene rings is 2. The molecule has 58 heavy (non-hydrogen) atoms. The summed E-state index contributed by atoms with van der Waals surface area (Å²) in [6, 6.07) is 7.98. The van der Waals surface area contributed by atoms with Crippen LogP contribution in [0.2, 0.25) is 0 Å². The molecule has 1 unspecified atom stereocenters. The SMILES string of the molecule is Cn1nc(NS(C)(=O)=O)c2cccc(-c3cc4sc(-c5c[nH]cn5)nc4nc3[C@H](Cc3cc(F)cc(F)c3)NC(=O)Cn3nc(C(F)(F)F)c4c3C(F)(F)[C@@H]3CC43)c21. The number of hydrogen-bond acceptors (Lipinski definition) is 9. The van der Waals surface area contributed by atoms with Crippen molar-refractivity contribution in [3.63, 3.8) is 0 Å². The fourth-order valence-electron chi connectivity index (χ4n) is 7.80. The third-order valence-electron chi connectivity index (χ3n) is 10.1. The van der Waals surface area contributed by atoms with Gasteiger partial charge in [-0.1, -0.05) is 12.1 Å². The summed E-state index contributed by atoms with van der Waals surface area (Å²) in [5, 5.41) is 11.3. The van der Waals surface area contributed by atoms with Crippen LogP contribution in [0, 0.1) is 17.6 Å². The lowest BCUT2D eigenvalue weighted by Crippen LogP contribution is -2.35. The van der Waals surface area contributed by atoms with E-state index in [0.29, 0.717) is 48.2 Å². The van der Waals surface area contributed by atoms with Gasteiger partial charge in [-0.3, -0.25) is 18.9 Å². The van der Waals surface area contributed by atoms with Gasteiger partial charge in [0.25, 0.3) is 5.92 Å². The number of imidazole rings is 1. The molecule has 0 aliphatic heterocycles. The maximum Gasteiger partial charge on any atom is 0.435 e. The Kier molecular flexibility index (Phi) is 8.48. The monoisotopic (exact) mass is 844 g/mol. The van der Waals surface area contributed by atoms with Crippen molar-refractivity contribution < 1.29 is 43.9 Å². The first-order valence-corrected chi connectivity index (χ1v) is 20.1. The predicted octanol–water partition coefficient (Wildman–Crippen LogP) is 6.81. The summed E-state index contributed by atoms with van der Waals surface area (Å²) in [7, 11) is -2.21. The Morgan fingerprint density at radius 2 is 1.84 bits per heavy atom. The van der Waals surface area contributed by atoms with E-state index in [2.05, 4.69) is 35.2 Å². The number of H-pyrrole nitrogens is 1. The molecule has 0 radical (unpaired) electrons. The predicted molar refractivity (Wildman–Crippen MR) is 196 cm³/mol. The van der Waals surface area contributed by atoms with E-state index in [-0.39, 0.29) is 35.6 Å². The molecule has 300 valence electrons. The Hall–Kier alpha value is -5.90. The molecule has 2 aromatic carbocycles. The molecule has 0 spiro atoms. The van der Waals surface area contributed by atoms with E-state index >= 15 is 8.78 Å². The van der Waals surface area contributed by atoms with Crippen LogP contribution in [0.3, 0.4) is 0 Å². The quantitative estimate of drug-likeness (QED) is 0.126. The molecule has 13 nitrogen and oxygen atoms in total. The van der Waals surface area contributed by atoms with Crippen molar-refractivity contribution in [3.05, 3.63) is 94.8 Å². The van der Waals surface area contributed by atoms with E-state index in [0.717, 1.165) is 18.4 Å². The number of anilines is 1. The van der Waals surface area contributed by atoms with Crippen LogP contribution in [0.5, 0.6) is 0 Å². The maximum absolute atomic E-state index is 15.4. The maximum atomic E-state index is 15.4. The van der Waals surface area contributed by atoms with Crippen molar-refractivity contribution in [1.82, 2.24) is 44.8 Å². The normalized spacial score (nSPS) is 17.7. The van der Waals surface area contributed by atoms with Crippen LogP contribution in [0.25, 0.3) is 43.1 Å². The van der Waals surface area contributed by atoms with Gasteiger partial charge in [-0.2, -0.15) is 32.1 Å². The van der Waals surface area contributed by atoms with Gasteiger partial charge in [0, 0.05) is 47.3 Å². The summed E-state index contributed by atoms with van der Waals surface area (Å²) < 4.78 is 131. The Labute approximate surface area is 326 Å². The molecule has 7 aromatic rings. The number of nitrogens with one attached hydrogen (secondary N) is 3. The summed E-state index contributed by atoms with van der Waals surface area (Å²) in [5.41, 5.74) is -1.20. The highest BCUT2D eigenvalue weighted by molar-refractivity contribution is 7.92. The Morgan fingerprint density at radius 1 is 1.09 bits per heavy atom. The highest BCUT2D eigenvalue weighted by Crippen LogP contribution is 2.68. The van der Waals surface area contributed by atoms with E-state index in [1.165, 1.54) is 22.3 Å². The smallest absolute Gasteiger partial charge is 0.350 e. The van der Waals surface area contributed by atoms with E-state index in [9.17, 15) is 35.2 Å². The van der Waals surface area contributed by atoms with E-state index in [4.69, 9.17) is 4.98 Å². The van der Waals surface area contributed by atoms with Gasteiger partial charge in [0.15, 0.2) is 17.2 Å². The second-order valence-corrected chi connectivity index (χ2v) is 17.0. The minimum absolute atomic E-state index is 0.00977. The van der Waals surface area contributed by atoms with Gasteiger partial charge in [-0.25, -0.2) is 32.2 Å². The standard InChI is InChI=1S/C36H27F7N10O3S2/c1-52-29-18(4-3-5-19(29)32(50-52)51-58(2,55)56)20-11-25-33(48-34(57-25)24-12-44-14-45-24)47-28(20)23(8-15-6-16(37)9-17(38)7-15)46-26(54)13-53-31-27(30(49-53)36(41,42)43)21-10-22(21)35(31,39)40/h3-7,9,11-12,14,21-23H,8,10,13H2,1-2H3,(H,44,45)(H,46,54)(H,50,51)/t21?,22-,23+/m1/s1. The Morgan fingerprint density at radius 3 is 2.53 bits per heavy atom. The number of fused-ring (bicyclic) bond motifs is 5. The summed E-state index contributed by atoms with van der Waals surface area (Å²) in [6.07, 6.45) is -1.54. The number of thiazole rings is 1. The number of hydrogen-bond donors (Lipinski definition) is 3. The topological polar surface area (TPSA) is 165 Å². The number of alkyl halides is 5. The average Bonchev–Trinajstić information content (AvgIpc) is 3.54. The second-order valence-electron chi connectivity index (χ2n) is 14.2. The summed E-state index contributed by atoms with van der Waals surface area (Å²) in [4.78, 5) is 30.6. The average molecular weight is 845 g/mol. The number of aromatic amines is 1. The molecule has 3 atom stereocenters. The van der Waals surface area contributed by atoms with Gasteiger partial charge < -0.3 is 10.3 Å². The fraction of sp³-hybridized carbons (Fsp3) is 0.278. The molecule has 1 saturated carbocycles. The minimum atomic E-state index is -5.07. The molecule has 5 aromatic heterocycles. The summed E-state index contributed by atoms with van der Waals surface area (Å²) in [5.74, 6) is -8.97. The van der Waals surface area contributed by atoms with Crippen LogP contribution in [0.4, 0.5) is 36.6 Å². The van der Waals surface area contributed by atoms with Crippen LogP contribution < -0.4 is 10.0 Å². The van der Waals surface area contributed by atoms with Crippen LogP contribution in [-0.4, -0.2) is 60.1 Å². The molecule has 5 heterocycles. The van der Waals surface area contributed by atoms with Gasteiger partial charge in [-0.05, 0) is 48.6 Å². The van der Waals surface area contributed by atoms with Crippen molar-refractivity contribution in [2.75, 3.05) is 11.0 Å². The van der Waals surface area contributed by atoms with Crippen molar-refractivity contribution in [3.8, 4) is 21.8 Å². The van der Waals surface area contributed by atoms with E-state index in [1.807, 2.05) is 0 Å². The summed E-state index contributed by atoms with van der Waals surface area (Å²) >= 11 is 1.22. The molecule has 3 N–H and O–H groups in total. The van der Waals surface area contributed by atoms with Crippen LogP contribution in [0.1, 0.15) is 46.6 Å². The van der Waals surface area contributed by atoms with Crippen molar-refractivity contribution in [1.29, 1.82) is 0 Å². The largest absolute Gasteiger partial charge is 0.435 e. The van der Waals surface area contributed by atoms with Crippen LogP contribution in [-0.2, 0) is 46.9 Å². The fourth-order valence-corrected chi connectivity index (χ4v) is 9.22. The third-order valence-corrected chi connectivity index (χ3v) is 11.7. The van der Waals surface area contributed by atoms with Crippen molar-refractivity contribution in [2.24, 2.45) is 13.0 Å². The molecular formula is C36H27F7N10O3S2. The lowest BCUT2D eigenvalue weighted by atomic mass is 9.94. The number of aryl methyl sites for hydroxylation is 1. The number of halogens is 7. The van der Waals surface area contributed by atoms with Gasteiger partial charge in [0.1, 0.15) is 34.6 Å². The van der Waals surface area contributed by atoms with Crippen LogP contribution in [0.15, 0.2) is 55.0 Å². The zero-order valence-electron chi connectivity index (χ0n) is 29.9. The number of sulfonamides is 1. The first kappa shape index (κ1) is 37.7. The Bertz CT molecular complexity index is 2900. The molecule has 0 saturated heterocycles. The number of aromatic nitrogens is 8. The van der Waals surface area contributed by atoms with E-state index < -0.39 is 81.0 Å². The number of pyridine rings is 1. The molecule has 0 bridgehead atoms. The van der Waals surface area contributed by atoms with E-state index in [1.54, 1.807) is 37.5 Å². The minimum Gasteiger partial charge on any atom is -0.350 e. The number of para-hydroxylation sites is 1. The zero-order valence-corrected chi connectivity index (χ0v) is 31.5. The number of nitrogens with zero attached hydrogens (tertiary/aromatic N) is 7. The lowest BCUT2D eigenvalue weighted by molar-refractivity contribution is -0.142. The molecule has 22 heteroatoms. The molecule has 9 rings (SSSR count). The number of amides is 1. The second kappa shape index (κ2) is 13.1. The third kappa shape index (κ3) is 6.52. The molecule has 2 aliphatic rings. The molecule has 2 aliphatic carbocycles. The van der Waals surface area contributed by atoms with Gasteiger partial charge in [0.05, 0.1) is 34.5 Å². The Balaban J connectivity index is 1.21. The van der Waals surface area contributed by atoms with Gasteiger partial charge in [0.2, 0.25) is 15.9 Å². The van der Waals surface area contributed by atoms with Crippen molar-refractivity contribution >= 4 is 54.3 Å². The molecular weight excluding hydrogens is 818 g/mol. The molecule has 1 amide bonds. The highest BCUT2D eigenvalue weighted by atomic mass is 32.2. The lowest BCUT2D eigenvalue weighted by Gasteiger charge is -2.23. The zero-order chi connectivity index (χ0) is 41.1. The molecule has 1 fully saturated rings. The van der Waals surface area contributed by atoms with Gasteiger partial charge >= 0.3 is 6.18 Å². The first-order valence-electron chi connectivity index (χ1n) is 17.4.